The topological polar surface area (TPSA) is 113 Å². The highest BCUT2D eigenvalue weighted by Crippen LogP contribution is 2.33. The molecule has 0 saturated carbocycles. The number of sulfone groups is 1. The lowest BCUT2D eigenvalue weighted by atomic mass is 10.0. The molecule has 1 aliphatic heterocycles. The minimum absolute atomic E-state index is 0.00109. The van der Waals surface area contributed by atoms with Crippen molar-refractivity contribution in [3.05, 3.63) is 65.2 Å². The van der Waals surface area contributed by atoms with Crippen molar-refractivity contribution in [3.8, 4) is 0 Å². The van der Waals surface area contributed by atoms with E-state index in [0.717, 1.165) is 18.4 Å². The maximum absolute atomic E-state index is 12.8. The summed E-state index contributed by atoms with van der Waals surface area (Å²) >= 11 is 0. The standard InChI is InChI=1S/C26H34N2O6S/c1-5-35(32,33)21-14-12-18(13-15-21)22(17-29)27-24(30)20-10-8-19(9-11-20)23-7-6-16-28(23)25(31)34-26(2,3)4/h8-15,22-23,29H,5-7,16-17H2,1-4H3,(H,27,30). The number of hydrogen-bond donors (Lipinski definition) is 2. The maximum atomic E-state index is 12.8. The first-order valence-corrected chi connectivity index (χ1v) is 13.4. The molecule has 0 spiro atoms. The van der Waals surface area contributed by atoms with E-state index in [1.54, 1.807) is 36.1 Å². The summed E-state index contributed by atoms with van der Waals surface area (Å²) in [6.45, 7) is 7.38. The van der Waals surface area contributed by atoms with Crippen molar-refractivity contribution in [2.24, 2.45) is 0 Å². The van der Waals surface area contributed by atoms with Gasteiger partial charge in [-0.05, 0) is 69.0 Å². The second-order valence-corrected chi connectivity index (χ2v) is 11.9. The van der Waals surface area contributed by atoms with Crippen LogP contribution in [0.25, 0.3) is 0 Å². The molecule has 2 aromatic carbocycles. The molecule has 1 aliphatic rings. The zero-order valence-corrected chi connectivity index (χ0v) is 21.5. The molecule has 0 bridgehead atoms. The van der Waals surface area contributed by atoms with E-state index < -0.39 is 21.5 Å². The average molecular weight is 503 g/mol. The third-order valence-corrected chi connectivity index (χ3v) is 7.70. The number of aliphatic hydroxyl groups is 1. The van der Waals surface area contributed by atoms with Crippen LogP contribution in [0.1, 0.15) is 74.1 Å². The second-order valence-electron chi connectivity index (χ2n) is 9.63. The van der Waals surface area contributed by atoms with Crippen LogP contribution in [0.15, 0.2) is 53.4 Å². The highest BCUT2D eigenvalue weighted by Gasteiger charge is 2.33. The molecule has 0 aliphatic carbocycles. The summed E-state index contributed by atoms with van der Waals surface area (Å²) in [4.78, 5) is 27.3. The number of aliphatic hydroxyl groups excluding tert-OH is 1. The van der Waals surface area contributed by atoms with E-state index in [2.05, 4.69) is 5.32 Å². The second kappa shape index (κ2) is 10.8. The van der Waals surface area contributed by atoms with Crippen LogP contribution < -0.4 is 5.32 Å². The maximum Gasteiger partial charge on any atom is 0.410 e. The molecule has 0 aromatic heterocycles. The van der Waals surface area contributed by atoms with Crippen LogP contribution >= 0.6 is 0 Å². The summed E-state index contributed by atoms with van der Waals surface area (Å²) in [5.41, 5.74) is 1.38. The molecule has 9 heteroatoms. The van der Waals surface area contributed by atoms with Gasteiger partial charge in [-0.15, -0.1) is 0 Å². The van der Waals surface area contributed by atoms with E-state index >= 15 is 0 Å². The Labute approximate surface area is 207 Å². The molecule has 2 unspecified atom stereocenters. The van der Waals surface area contributed by atoms with Gasteiger partial charge in [0.05, 0.1) is 29.3 Å². The van der Waals surface area contributed by atoms with E-state index in [9.17, 15) is 23.1 Å². The van der Waals surface area contributed by atoms with Crippen molar-refractivity contribution in [2.45, 2.75) is 63.1 Å². The van der Waals surface area contributed by atoms with Gasteiger partial charge in [0.2, 0.25) is 0 Å². The summed E-state index contributed by atoms with van der Waals surface area (Å²) in [5.74, 6) is -0.366. The lowest BCUT2D eigenvalue weighted by molar-refractivity contribution is 0.0224. The number of hydrogen-bond acceptors (Lipinski definition) is 6. The Bertz CT molecular complexity index is 1140. The van der Waals surface area contributed by atoms with Gasteiger partial charge in [0, 0.05) is 12.1 Å². The van der Waals surface area contributed by atoms with Crippen LogP contribution in [0.2, 0.25) is 0 Å². The summed E-state index contributed by atoms with van der Waals surface area (Å²) < 4.78 is 29.5. The van der Waals surface area contributed by atoms with Gasteiger partial charge in [0.15, 0.2) is 9.84 Å². The highest BCUT2D eigenvalue weighted by molar-refractivity contribution is 7.91. The summed E-state index contributed by atoms with van der Waals surface area (Å²) in [6.07, 6.45) is 1.36. The monoisotopic (exact) mass is 502 g/mol. The Balaban J connectivity index is 1.69. The SMILES string of the molecule is CCS(=O)(=O)c1ccc(C(CO)NC(=O)c2ccc(C3CCCN3C(=O)OC(C)(C)C)cc2)cc1. The molecule has 1 saturated heterocycles. The quantitative estimate of drug-likeness (QED) is 0.591. The van der Waals surface area contributed by atoms with E-state index in [0.29, 0.717) is 17.7 Å². The number of benzene rings is 2. The van der Waals surface area contributed by atoms with Crippen molar-refractivity contribution >= 4 is 21.8 Å². The molecule has 3 rings (SSSR count). The fourth-order valence-electron chi connectivity index (χ4n) is 4.06. The summed E-state index contributed by atoms with van der Waals surface area (Å²) in [6, 6.07) is 12.4. The smallest absolute Gasteiger partial charge is 0.410 e. The van der Waals surface area contributed by atoms with Crippen LogP contribution in [0, 0.1) is 0 Å². The van der Waals surface area contributed by atoms with Crippen molar-refractivity contribution < 1.29 is 27.9 Å². The molecule has 2 N–H and O–H groups in total. The molecule has 190 valence electrons. The first-order chi connectivity index (χ1) is 16.4. The van der Waals surface area contributed by atoms with Gasteiger partial charge in [-0.3, -0.25) is 4.79 Å². The van der Waals surface area contributed by atoms with Crippen LogP contribution in [0.4, 0.5) is 4.79 Å². The largest absolute Gasteiger partial charge is 0.444 e. The minimum Gasteiger partial charge on any atom is -0.444 e. The Hall–Kier alpha value is -2.91. The van der Waals surface area contributed by atoms with E-state index in [1.807, 2.05) is 32.9 Å². The summed E-state index contributed by atoms with van der Waals surface area (Å²) in [5, 5.41) is 12.6. The molecule has 1 fully saturated rings. The lowest BCUT2D eigenvalue weighted by Crippen LogP contribution is -2.36. The molecular weight excluding hydrogens is 468 g/mol. The number of carbonyl (C=O) groups is 2. The molecule has 2 atom stereocenters. The highest BCUT2D eigenvalue weighted by atomic mass is 32.2. The van der Waals surface area contributed by atoms with Gasteiger partial charge < -0.3 is 20.1 Å². The van der Waals surface area contributed by atoms with Crippen LogP contribution in [0.5, 0.6) is 0 Å². The lowest BCUT2D eigenvalue weighted by Gasteiger charge is -2.29. The fourth-order valence-corrected chi connectivity index (χ4v) is 4.94. The van der Waals surface area contributed by atoms with Gasteiger partial charge in [0.25, 0.3) is 5.91 Å². The number of nitrogens with zero attached hydrogens (tertiary/aromatic N) is 1. The Morgan fingerprint density at radius 3 is 2.29 bits per heavy atom. The van der Waals surface area contributed by atoms with Gasteiger partial charge in [-0.1, -0.05) is 31.2 Å². The zero-order valence-electron chi connectivity index (χ0n) is 20.7. The average Bonchev–Trinajstić information content (AvgIpc) is 3.32. The van der Waals surface area contributed by atoms with Gasteiger partial charge in [0.1, 0.15) is 5.60 Å². The molecule has 35 heavy (non-hydrogen) atoms. The van der Waals surface area contributed by atoms with E-state index in [1.165, 1.54) is 12.1 Å². The molecule has 2 amide bonds. The first-order valence-electron chi connectivity index (χ1n) is 11.8. The van der Waals surface area contributed by atoms with Crippen molar-refractivity contribution in [2.75, 3.05) is 18.9 Å². The Morgan fingerprint density at radius 1 is 1.11 bits per heavy atom. The number of nitrogens with one attached hydrogen (secondary N) is 1. The Kier molecular flexibility index (Phi) is 8.22. The number of amides is 2. The summed E-state index contributed by atoms with van der Waals surface area (Å²) in [7, 11) is -3.33. The van der Waals surface area contributed by atoms with Crippen LogP contribution in [0.3, 0.4) is 0 Å². The molecule has 1 heterocycles. The normalized spacial score (nSPS) is 17.2. The predicted molar refractivity (Wildman–Crippen MR) is 133 cm³/mol. The number of ether oxygens (including phenoxy) is 1. The fraction of sp³-hybridized carbons (Fsp3) is 0.462. The molecule has 2 aromatic rings. The van der Waals surface area contributed by atoms with Crippen molar-refractivity contribution in [1.29, 1.82) is 0 Å². The number of rotatable bonds is 7. The van der Waals surface area contributed by atoms with Gasteiger partial charge >= 0.3 is 6.09 Å². The van der Waals surface area contributed by atoms with Gasteiger partial charge in [-0.2, -0.15) is 0 Å². The zero-order chi connectivity index (χ0) is 25.8. The molecule has 8 nitrogen and oxygen atoms in total. The van der Waals surface area contributed by atoms with Crippen molar-refractivity contribution in [1.82, 2.24) is 10.2 Å². The van der Waals surface area contributed by atoms with E-state index in [-0.39, 0.29) is 35.3 Å². The third-order valence-electron chi connectivity index (χ3n) is 5.95. The predicted octanol–water partition coefficient (Wildman–Crippen LogP) is 4.02. The van der Waals surface area contributed by atoms with Crippen molar-refractivity contribution in [3.63, 3.8) is 0 Å². The number of carbonyl (C=O) groups excluding carboxylic acids is 2. The van der Waals surface area contributed by atoms with Gasteiger partial charge in [-0.25, -0.2) is 13.2 Å². The molecule has 0 radical (unpaired) electrons. The number of likely N-dealkylation sites (tertiary alicyclic amines) is 1. The first kappa shape index (κ1) is 26.7. The van der Waals surface area contributed by atoms with Crippen LogP contribution in [-0.4, -0.2) is 54.9 Å². The molecular formula is C26H34N2O6S. The third kappa shape index (κ3) is 6.61. The minimum atomic E-state index is -3.33. The van der Waals surface area contributed by atoms with E-state index in [4.69, 9.17) is 4.74 Å². The van der Waals surface area contributed by atoms with Crippen LogP contribution in [-0.2, 0) is 14.6 Å². The Morgan fingerprint density at radius 2 is 1.74 bits per heavy atom.